The third-order valence-corrected chi connectivity index (χ3v) is 8.41. The number of aliphatic hydroxyl groups excluding tert-OH is 1. The maximum atomic E-state index is 15.3. The maximum Gasteiger partial charge on any atom is 0.435 e. The largest absolute Gasteiger partial charge is 0.497 e. The van der Waals surface area contributed by atoms with Gasteiger partial charge in [-0.25, -0.2) is 13.6 Å². The zero-order chi connectivity index (χ0) is 30.9. The van der Waals surface area contributed by atoms with Gasteiger partial charge in [-0.2, -0.15) is 13.8 Å². The number of hydrogen-bond donors (Lipinski definition) is 2. The van der Waals surface area contributed by atoms with Gasteiger partial charge in [-0.3, -0.25) is 9.09 Å². The van der Waals surface area contributed by atoms with E-state index in [0.29, 0.717) is 17.7 Å². The summed E-state index contributed by atoms with van der Waals surface area (Å²) in [6.07, 6.45) is -9.14. The molecule has 3 aromatic rings. The van der Waals surface area contributed by atoms with Crippen LogP contribution in [0.3, 0.4) is 0 Å². The molecule has 3 atom stereocenters. The molecule has 4 rings (SSSR count). The Morgan fingerprint density at radius 1 is 1.07 bits per heavy atom. The number of aliphatic hydroxyl groups is 1. The number of ether oxygens (including phenoxy) is 3. The summed E-state index contributed by atoms with van der Waals surface area (Å²) in [6.45, 7) is -5.62. The van der Waals surface area contributed by atoms with Crippen LogP contribution in [-0.4, -0.2) is 59.5 Å². The molecule has 228 valence electrons. The Kier molecular flexibility index (Phi) is 9.25. The highest BCUT2D eigenvalue weighted by molar-refractivity contribution is 8.07. The van der Waals surface area contributed by atoms with Crippen molar-refractivity contribution in [3.05, 3.63) is 70.2 Å². The smallest absolute Gasteiger partial charge is 0.435 e. The lowest BCUT2D eigenvalue weighted by Gasteiger charge is -2.32. The third-order valence-electron chi connectivity index (χ3n) is 6.05. The summed E-state index contributed by atoms with van der Waals surface area (Å²) in [5.41, 5.74) is 0.604. The van der Waals surface area contributed by atoms with E-state index in [2.05, 4.69) is 4.98 Å². The van der Waals surface area contributed by atoms with Gasteiger partial charge in [0.25, 0.3) is 6.43 Å². The maximum absolute atomic E-state index is 15.3. The van der Waals surface area contributed by atoms with E-state index in [1.54, 1.807) is 0 Å². The lowest BCUT2D eigenvalue weighted by molar-refractivity contribution is -0.192. The van der Waals surface area contributed by atoms with E-state index in [1.807, 2.05) is 0 Å². The van der Waals surface area contributed by atoms with Crippen molar-refractivity contribution in [3.8, 4) is 23.0 Å². The minimum Gasteiger partial charge on any atom is -0.497 e. The van der Waals surface area contributed by atoms with Crippen LogP contribution >= 0.6 is 18.3 Å². The summed E-state index contributed by atoms with van der Waals surface area (Å²) in [5.74, 6) is -3.94. The van der Waals surface area contributed by atoms with E-state index in [-0.39, 0.29) is 16.1 Å². The van der Waals surface area contributed by atoms with E-state index in [9.17, 15) is 18.7 Å². The first-order chi connectivity index (χ1) is 19.7. The van der Waals surface area contributed by atoms with Crippen LogP contribution < -0.4 is 29.9 Å². The minimum absolute atomic E-state index is 0.0592. The predicted octanol–water partition coefficient (Wildman–Crippen LogP) is 4.42. The van der Waals surface area contributed by atoms with Gasteiger partial charge < -0.3 is 34.1 Å². The van der Waals surface area contributed by atoms with E-state index < -0.39 is 60.1 Å². The Balaban J connectivity index is 1.68. The summed E-state index contributed by atoms with van der Waals surface area (Å²) in [4.78, 5) is 15.6. The number of hydrogen-bond acceptors (Lipinski definition) is 11. The molecule has 0 radical (unpaired) electrons. The Morgan fingerprint density at radius 2 is 1.55 bits per heavy atom. The first-order valence-electron chi connectivity index (χ1n) is 11.7. The van der Waals surface area contributed by atoms with Crippen molar-refractivity contribution in [2.45, 2.75) is 30.3 Å². The van der Waals surface area contributed by atoms with Gasteiger partial charge in [0.05, 0.1) is 25.8 Å². The fourth-order valence-corrected chi connectivity index (χ4v) is 5.89. The van der Waals surface area contributed by atoms with E-state index >= 15 is 8.78 Å². The van der Waals surface area contributed by atoms with Gasteiger partial charge in [0.2, 0.25) is 6.23 Å². The second-order valence-electron chi connectivity index (χ2n) is 8.72. The van der Waals surface area contributed by atoms with Crippen molar-refractivity contribution in [1.82, 2.24) is 9.55 Å². The SMILES string of the molecule is COc1ccc(OP(=S)(OC[C@@]2(C(F)F)O[C@@H](n3cc(Cl)c(N)nc3=O)C(F)(F)[C@H]2O)Oc2ccc(OC)cc2)cc1. The number of methoxy groups -OCH3 is 2. The molecule has 1 aliphatic heterocycles. The minimum atomic E-state index is -4.47. The van der Waals surface area contributed by atoms with Crippen molar-refractivity contribution in [2.24, 2.45) is 0 Å². The highest BCUT2D eigenvalue weighted by Crippen LogP contribution is 2.55. The first-order valence-corrected chi connectivity index (χ1v) is 14.7. The predicted molar refractivity (Wildman–Crippen MR) is 145 cm³/mol. The molecule has 11 nitrogen and oxygen atoms in total. The summed E-state index contributed by atoms with van der Waals surface area (Å²) >= 11 is 11.2. The van der Waals surface area contributed by atoms with Gasteiger partial charge in [0.1, 0.15) is 28.8 Å². The van der Waals surface area contributed by atoms with Crippen LogP contribution in [0.4, 0.5) is 23.4 Å². The first kappa shape index (κ1) is 31.8. The molecule has 0 unspecified atom stereocenters. The number of rotatable bonds is 11. The lowest BCUT2D eigenvalue weighted by atomic mass is 9.96. The fraction of sp³-hybridized carbons (Fsp3) is 0.333. The number of nitrogen functional groups attached to an aromatic ring is 1. The molecule has 42 heavy (non-hydrogen) atoms. The van der Waals surface area contributed by atoms with Crippen molar-refractivity contribution >= 4 is 35.9 Å². The standard InChI is InChI=1S/C24H23ClF4N3O8PS/c1-35-13-3-7-15(8-4-13)39-41(42,40-16-9-5-14(36-2)6-10-16)37-12-23(20(26)27)19(33)24(28,29)21(38-23)32-11-17(25)18(30)31-22(32)34/h3-11,19-21,33H,12H2,1-2H3,(H2,30,31,34)/t19-,21+,23+/m0/s1. The molecule has 2 aromatic carbocycles. The van der Waals surface area contributed by atoms with Crippen LogP contribution in [0.5, 0.6) is 23.0 Å². The van der Waals surface area contributed by atoms with Gasteiger partial charge in [0, 0.05) is 18.0 Å². The average molecular weight is 656 g/mol. The molecular weight excluding hydrogens is 633 g/mol. The molecule has 3 N–H and O–H groups in total. The second-order valence-corrected chi connectivity index (χ2v) is 12.0. The normalized spacial score (nSPS) is 21.7. The third kappa shape index (κ3) is 6.28. The van der Waals surface area contributed by atoms with E-state index in [4.69, 9.17) is 56.9 Å². The van der Waals surface area contributed by atoms with E-state index in [0.717, 1.165) is 0 Å². The lowest BCUT2D eigenvalue weighted by Crippen LogP contribution is -2.54. The second kappa shape index (κ2) is 12.2. The number of nitrogens with zero attached hydrogens (tertiary/aromatic N) is 2. The Morgan fingerprint density at radius 3 is 2.00 bits per heavy atom. The van der Waals surface area contributed by atoms with Crippen LogP contribution in [-0.2, 0) is 21.1 Å². The summed E-state index contributed by atoms with van der Waals surface area (Å²) in [7, 11) is 2.86. The quantitative estimate of drug-likeness (QED) is 0.224. The molecular formula is C24H23ClF4N3O8PS. The Bertz CT molecular complexity index is 1470. The Hall–Kier alpha value is -3.14. The molecule has 0 amide bonds. The number of alkyl halides is 4. The molecule has 0 spiro atoms. The monoisotopic (exact) mass is 655 g/mol. The highest BCUT2D eigenvalue weighted by atomic mass is 35.5. The average Bonchev–Trinajstić information content (AvgIpc) is 3.16. The van der Waals surface area contributed by atoms with Crippen molar-refractivity contribution in [2.75, 3.05) is 26.6 Å². The zero-order valence-electron chi connectivity index (χ0n) is 21.7. The number of aromatic nitrogens is 2. The zero-order valence-corrected chi connectivity index (χ0v) is 24.1. The van der Waals surface area contributed by atoms with Crippen LogP contribution in [0.25, 0.3) is 0 Å². The van der Waals surface area contributed by atoms with Gasteiger partial charge in [-0.05, 0) is 48.5 Å². The molecule has 1 saturated heterocycles. The molecule has 2 heterocycles. The molecule has 0 bridgehead atoms. The highest BCUT2D eigenvalue weighted by Gasteiger charge is 2.71. The molecule has 18 heteroatoms. The van der Waals surface area contributed by atoms with Crippen LogP contribution in [0.15, 0.2) is 59.5 Å². The van der Waals surface area contributed by atoms with Gasteiger partial charge in [-0.1, -0.05) is 11.6 Å². The van der Waals surface area contributed by atoms with Gasteiger partial charge in [0.15, 0.2) is 11.7 Å². The van der Waals surface area contributed by atoms with Crippen LogP contribution in [0, 0.1) is 0 Å². The summed E-state index contributed by atoms with van der Waals surface area (Å²) < 4.78 is 91.9. The molecule has 1 aliphatic rings. The van der Waals surface area contributed by atoms with Crippen molar-refractivity contribution in [3.63, 3.8) is 0 Å². The van der Waals surface area contributed by atoms with Crippen LogP contribution in [0.2, 0.25) is 5.02 Å². The Labute approximate surface area is 245 Å². The number of halogens is 5. The van der Waals surface area contributed by atoms with Gasteiger partial charge in [-0.15, -0.1) is 0 Å². The van der Waals surface area contributed by atoms with Crippen LogP contribution in [0.1, 0.15) is 6.23 Å². The number of nitrogens with two attached hydrogens (primary N) is 1. The van der Waals surface area contributed by atoms with Crippen molar-refractivity contribution in [1.29, 1.82) is 0 Å². The molecule has 0 saturated carbocycles. The van der Waals surface area contributed by atoms with Gasteiger partial charge >= 0.3 is 18.3 Å². The van der Waals surface area contributed by atoms with Crippen molar-refractivity contribution < 1.29 is 50.5 Å². The number of anilines is 1. The number of benzene rings is 2. The van der Waals surface area contributed by atoms with E-state index in [1.165, 1.54) is 62.8 Å². The molecule has 0 aliphatic carbocycles. The summed E-state index contributed by atoms with van der Waals surface area (Å²) in [6, 6.07) is 11.7. The fourth-order valence-electron chi connectivity index (χ4n) is 3.81. The topological polar surface area (TPSA) is 137 Å². The molecule has 1 aromatic heterocycles. The summed E-state index contributed by atoms with van der Waals surface area (Å²) in [5, 5.41) is 10.1. The molecule has 1 fully saturated rings.